The molecule has 0 radical (unpaired) electrons. The monoisotopic (exact) mass is 572 g/mol. The highest BCUT2D eigenvalue weighted by molar-refractivity contribution is 7.99. The number of benzene rings is 3. The van der Waals surface area contributed by atoms with Crippen molar-refractivity contribution in [3.63, 3.8) is 0 Å². The maximum atomic E-state index is 13.5. The Labute approximate surface area is 245 Å². The number of carbonyl (C=O) groups excluding carboxylic acids is 3. The average molecular weight is 573 g/mol. The molecule has 0 bridgehead atoms. The van der Waals surface area contributed by atoms with Gasteiger partial charge in [-0.25, -0.2) is 0 Å². The van der Waals surface area contributed by atoms with Crippen molar-refractivity contribution in [3.05, 3.63) is 103 Å². The Morgan fingerprint density at radius 2 is 1.61 bits per heavy atom. The summed E-state index contributed by atoms with van der Waals surface area (Å²) >= 11 is 1.44. The number of rotatable bonds is 15. The molecule has 3 aromatic carbocycles. The van der Waals surface area contributed by atoms with Crippen LogP contribution in [0, 0.1) is 5.92 Å². The van der Waals surface area contributed by atoms with Crippen LogP contribution in [0.2, 0.25) is 0 Å². The summed E-state index contributed by atoms with van der Waals surface area (Å²) in [5.74, 6) is 1.41. The number of carbonyl (C=O) groups is 3. The molecular formula is C33H36N2O5S. The van der Waals surface area contributed by atoms with Crippen molar-refractivity contribution in [1.82, 2.24) is 10.6 Å². The highest BCUT2D eigenvalue weighted by Crippen LogP contribution is 2.20. The first kappa shape index (κ1) is 29.9. The normalized spacial score (nSPS) is 12.6. The van der Waals surface area contributed by atoms with E-state index in [4.69, 9.17) is 9.15 Å². The van der Waals surface area contributed by atoms with Crippen LogP contribution in [-0.2, 0) is 26.6 Å². The number of fused-ring (bicyclic) bond motifs is 1. The minimum atomic E-state index is -0.801. The third-order valence-corrected chi connectivity index (χ3v) is 7.48. The summed E-state index contributed by atoms with van der Waals surface area (Å²) in [6, 6.07) is 25.3. The van der Waals surface area contributed by atoms with E-state index in [0.717, 1.165) is 22.1 Å². The van der Waals surface area contributed by atoms with Gasteiger partial charge in [-0.1, -0.05) is 74.5 Å². The van der Waals surface area contributed by atoms with Crippen molar-refractivity contribution in [2.75, 3.05) is 12.4 Å². The maximum absolute atomic E-state index is 13.5. The minimum Gasteiger partial charge on any atom is -0.484 e. The molecule has 214 valence electrons. The highest BCUT2D eigenvalue weighted by Gasteiger charge is 2.27. The summed E-state index contributed by atoms with van der Waals surface area (Å²) in [5.41, 5.74) is 0.940. The molecule has 2 amide bonds. The number of Topliss-reactive ketones (excluding diaryl/α,β-unsaturated/α-hetero) is 1. The number of ether oxygens (including phenoxy) is 1. The van der Waals surface area contributed by atoms with Gasteiger partial charge in [-0.3, -0.25) is 14.4 Å². The lowest BCUT2D eigenvalue weighted by atomic mass is 10.00. The van der Waals surface area contributed by atoms with E-state index in [0.29, 0.717) is 24.3 Å². The van der Waals surface area contributed by atoms with Crippen LogP contribution in [0.4, 0.5) is 0 Å². The molecule has 4 aromatic rings. The molecule has 8 heteroatoms. The summed E-state index contributed by atoms with van der Waals surface area (Å²) in [6.45, 7) is 3.74. The second-order valence-electron chi connectivity index (χ2n) is 10.3. The van der Waals surface area contributed by atoms with Gasteiger partial charge in [0.25, 0.3) is 5.91 Å². The molecule has 0 saturated carbocycles. The van der Waals surface area contributed by atoms with Crippen LogP contribution >= 0.6 is 11.8 Å². The molecule has 4 rings (SSSR count). The third kappa shape index (κ3) is 9.53. The van der Waals surface area contributed by atoms with Crippen molar-refractivity contribution in [2.24, 2.45) is 5.92 Å². The van der Waals surface area contributed by atoms with Gasteiger partial charge in [-0.2, -0.15) is 0 Å². The summed E-state index contributed by atoms with van der Waals surface area (Å²) in [7, 11) is 0. The fraction of sp³-hybridized carbons (Fsp3) is 0.303. The Kier molecular flexibility index (Phi) is 11.0. The zero-order valence-electron chi connectivity index (χ0n) is 23.4. The zero-order chi connectivity index (χ0) is 29.0. The van der Waals surface area contributed by atoms with Crippen molar-refractivity contribution in [2.45, 2.75) is 44.5 Å². The van der Waals surface area contributed by atoms with E-state index >= 15 is 0 Å². The number of hydrogen-bond donors (Lipinski definition) is 2. The molecule has 2 N–H and O–H groups in total. The van der Waals surface area contributed by atoms with Crippen LogP contribution in [0.3, 0.4) is 0 Å². The van der Waals surface area contributed by atoms with Crippen molar-refractivity contribution < 1.29 is 23.5 Å². The first-order valence-corrected chi connectivity index (χ1v) is 14.9. The zero-order valence-corrected chi connectivity index (χ0v) is 24.2. The second-order valence-corrected chi connectivity index (χ2v) is 11.3. The van der Waals surface area contributed by atoms with Gasteiger partial charge >= 0.3 is 0 Å². The molecule has 2 atom stereocenters. The van der Waals surface area contributed by atoms with Crippen LogP contribution in [0.15, 0.2) is 95.6 Å². The van der Waals surface area contributed by atoms with Gasteiger partial charge in [0.15, 0.2) is 12.4 Å². The molecule has 1 aromatic heterocycles. The summed E-state index contributed by atoms with van der Waals surface area (Å²) in [5, 5.41) is 7.85. The molecule has 7 nitrogen and oxygen atoms in total. The Morgan fingerprint density at radius 1 is 0.854 bits per heavy atom. The van der Waals surface area contributed by atoms with Gasteiger partial charge in [0.1, 0.15) is 17.6 Å². The Hall–Kier alpha value is -4.04. The number of thioether (sulfide) groups is 1. The molecule has 0 aliphatic heterocycles. The Morgan fingerprint density at radius 3 is 2.34 bits per heavy atom. The number of amides is 2. The van der Waals surface area contributed by atoms with Crippen LogP contribution in [0.1, 0.15) is 31.6 Å². The molecule has 41 heavy (non-hydrogen) atoms. The van der Waals surface area contributed by atoms with Gasteiger partial charge in [-0.15, -0.1) is 11.8 Å². The number of hydrogen-bond acceptors (Lipinski definition) is 6. The third-order valence-electron chi connectivity index (χ3n) is 6.51. The van der Waals surface area contributed by atoms with Gasteiger partial charge in [-0.05, 0) is 59.4 Å². The fourth-order valence-electron chi connectivity index (χ4n) is 4.46. The Balaban J connectivity index is 1.38. The first-order chi connectivity index (χ1) is 19.9. The number of nitrogens with one attached hydrogen (secondary N) is 2. The van der Waals surface area contributed by atoms with E-state index in [1.54, 1.807) is 6.26 Å². The maximum Gasteiger partial charge on any atom is 0.258 e. The largest absolute Gasteiger partial charge is 0.484 e. The molecule has 0 aliphatic rings. The molecule has 0 saturated heterocycles. The molecule has 0 spiro atoms. The smallest absolute Gasteiger partial charge is 0.258 e. The van der Waals surface area contributed by atoms with E-state index in [-0.39, 0.29) is 30.0 Å². The van der Waals surface area contributed by atoms with Crippen molar-refractivity contribution in [1.29, 1.82) is 0 Å². The van der Waals surface area contributed by atoms with E-state index in [1.165, 1.54) is 11.8 Å². The van der Waals surface area contributed by atoms with Gasteiger partial charge < -0.3 is 19.8 Å². The predicted molar refractivity (Wildman–Crippen MR) is 163 cm³/mol. The highest BCUT2D eigenvalue weighted by atomic mass is 32.2. The summed E-state index contributed by atoms with van der Waals surface area (Å²) in [4.78, 5) is 39.6. The van der Waals surface area contributed by atoms with Gasteiger partial charge in [0, 0.05) is 0 Å². The van der Waals surface area contributed by atoms with Crippen LogP contribution in [0.5, 0.6) is 5.75 Å². The minimum absolute atomic E-state index is 0.0898. The van der Waals surface area contributed by atoms with Crippen molar-refractivity contribution >= 4 is 40.1 Å². The lowest BCUT2D eigenvalue weighted by Crippen LogP contribution is -2.53. The quantitative estimate of drug-likeness (QED) is 0.193. The summed E-state index contributed by atoms with van der Waals surface area (Å²) < 4.78 is 11.1. The SMILES string of the molecule is CC(C)C[C@H](NC(=O)COc1ccc2ccccc2c1)C(=O)N[C@@H](Cc1ccccc1)C(=O)CSCc1ccco1. The van der Waals surface area contributed by atoms with Gasteiger partial charge in [0.2, 0.25) is 5.91 Å². The van der Waals surface area contributed by atoms with E-state index in [2.05, 4.69) is 10.6 Å². The average Bonchev–Trinajstić information content (AvgIpc) is 3.49. The van der Waals surface area contributed by atoms with E-state index in [1.807, 2.05) is 98.8 Å². The molecule has 0 aliphatic carbocycles. The topological polar surface area (TPSA) is 97.6 Å². The van der Waals surface area contributed by atoms with Crippen LogP contribution in [0.25, 0.3) is 10.8 Å². The number of ketones is 1. The van der Waals surface area contributed by atoms with E-state index in [9.17, 15) is 14.4 Å². The lowest BCUT2D eigenvalue weighted by molar-refractivity contribution is -0.132. The predicted octanol–water partition coefficient (Wildman–Crippen LogP) is 5.57. The lowest BCUT2D eigenvalue weighted by Gasteiger charge is -2.24. The van der Waals surface area contributed by atoms with E-state index < -0.39 is 18.0 Å². The van der Waals surface area contributed by atoms with Crippen molar-refractivity contribution in [3.8, 4) is 5.75 Å². The molecule has 1 heterocycles. The molecule has 0 unspecified atom stereocenters. The fourth-order valence-corrected chi connectivity index (χ4v) is 5.33. The molecule has 0 fully saturated rings. The number of furan rings is 1. The van der Waals surface area contributed by atoms with Crippen LogP contribution < -0.4 is 15.4 Å². The first-order valence-electron chi connectivity index (χ1n) is 13.8. The standard InChI is InChI=1S/C33H36N2O5S/c1-23(2)17-30(34-32(37)20-40-27-15-14-25-11-6-7-12-26(25)19-27)33(38)35-29(18-24-9-4-3-5-10-24)31(36)22-41-21-28-13-8-16-39-28/h3-16,19,23,29-30H,17-18,20-22H2,1-2H3,(H,34,37)(H,35,38)/t29-,30-/m0/s1. The Bertz CT molecular complexity index is 1420. The van der Waals surface area contributed by atoms with Crippen LogP contribution in [-0.4, -0.2) is 42.0 Å². The molecular weight excluding hydrogens is 536 g/mol. The second kappa shape index (κ2) is 15.1. The summed E-state index contributed by atoms with van der Waals surface area (Å²) in [6.07, 6.45) is 2.39. The van der Waals surface area contributed by atoms with Gasteiger partial charge in [0.05, 0.1) is 23.8 Å².